The van der Waals surface area contributed by atoms with Gasteiger partial charge < -0.3 is 0 Å². The molecule has 30 heavy (non-hydrogen) atoms. The Labute approximate surface area is 176 Å². The van der Waals surface area contributed by atoms with Crippen molar-refractivity contribution in [2.24, 2.45) is 5.11 Å². The second-order valence-electron chi connectivity index (χ2n) is 6.93. The van der Waals surface area contributed by atoms with Crippen LogP contribution in [0, 0.1) is 0 Å². The Kier molecular flexibility index (Phi) is 6.05. The third kappa shape index (κ3) is 4.33. The molecule has 0 radical (unpaired) electrons. The van der Waals surface area contributed by atoms with Gasteiger partial charge >= 0.3 is 0 Å². The maximum Gasteiger partial charge on any atom is 0.0510 e. The molecule has 3 nitrogen and oxygen atoms in total. The molecule has 0 atom stereocenters. The highest BCUT2D eigenvalue weighted by Crippen LogP contribution is 2.36. The molecule has 0 aliphatic heterocycles. The number of nitrogens with zero attached hydrogens (tertiary/aromatic N) is 3. The van der Waals surface area contributed by atoms with E-state index in [0.717, 1.165) is 16.7 Å². The minimum absolute atomic E-state index is 0.353. The van der Waals surface area contributed by atoms with Crippen LogP contribution in [0.25, 0.3) is 21.6 Å². The van der Waals surface area contributed by atoms with Gasteiger partial charge in [0.25, 0.3) is 0 Å². The molecule has 0 amide bonds. The lowest BCUT2D eigenvalue weighted by Gasteiger charge is -2.18. The molecule has 0 saturated heterocycles. The molecule has 0 bridgehead atoms. The molecule has 0 heterocycles. The van der Waals surface area contributed by atoms with Gasteiger partial charge in [-0.1, -0.05) is 120 Å². The van der Waals surface area contributed by atoms with Gasteiger partial charge in [-0.05, 0) is 44.5 Å². The number of hydrogen-bond acceptors (Lipinski definition) is 1. The Morgan fingerprint density at radius 2 is 0.900 bits per heavy atom. The summed E-state index contributed by atoms with van der Waals surface area (Å²) in [5.74, 6) is 0. The smallest absolute Gasteiger partial charge is 0.0510 e. The first-order valence-electron chi connectivity index (χ1n) is 9.87. The lowest BCUT2D eigenvalue weighted by molar-refractivity contribution is 1.05. The zero-order chi connectivity index (χ0) is 20.6. The van der Waals surface area contributed by atoms with Crippen LogP contribution in [0.1, 0.15) is 27.8 Å². The number of azide groups is 1. The van der Waals surface area contributed by atoms with E-state index in [1.165, 1.54) is 22.3 Å². The van der Waals surface area contributed by atoms with Crippen molar-refractivity contribution in [3.63, 3.8) is 0 Å². The van der Waals surface area contributed by atoms with E-state index in [4.69, 9.17) is 5.53 Å². The van der Waals surface area contributed by atoms with E-state index in [1.807, 2.05) is 30.3 Å². The van der Waals surface area contributed by atoms with Gasteiger partial charge in [0.2, 0.25) is 0 Å². The molecular formula is C27H21N3. The molecule has 4 rings (SSSR count). The molecule has 0 aromatic heterocycles. The van der Waals surface area contributed by atoms with Crippen molar-refractivity contribution in [3.05, 3.63) is 154 Å². The minimum Gasteiger partial charge on any atom is -0.0893 e. The van der Waals surface area contributed by atoms with Crippen molar-refractivity contribution >= 4 is 11.1 Å². The van der Waals surface area contributed by atoms with Crippen LogP contribution in [0.5, 0.6) is 0 Å². The first-order valence-corrected chi connectivity index (χ1v) is 9.87. The highest BCUT2D eigenvalue weighted by atomic mass is 15.1. The fourth-order valence-corrected chi connectivity index (χ4v) is 3.62. The summed E-state index contributed by atoms with van der Waals surface area (Å²) in [6, 6.07) is 39.7. The van der Waals surface area contributed by atoms with Crippen LogP contribution in [-0.2, 0) is 6.54 Å². The third-order valence-corrected chi connectivity index (χ3v) is 5.00. The predicted molar refractivity (Wildman–Crippen MR) is 124 cm³/mol. The number of rotatable bonds is 6. The van der Waals surface area contributed by atoms with Gasteiger partial charge in [-0.15, -0.1) is 0 Å². The molecule has 0 N–H and O–H groups in total. The molecular weight excluding hydrogens is 366 g/mol. The molecule has 0 saturated carbocycles. The monoisotopic (exact) mass is 387 g/mol. The summed E-state index contributed by atoms with van der Waals surface area (Å²) in [6.45, 7) is 0.353. The molecule has 144 valence electrons. The fourth-order valence-electron chi connectivity index (χ4n) is 3.62. The van der Waals surface area contributed by atoms with E-state index in [-0.39, 0.29) is 0 Å². The van der Waals surface area contributed by atoms with Crippen LogP contribution >= 0.6 is 0 Å². The third-order valence-electron chi connectivity index (χ3n) is 5.00. The van der Waals surface area contributed by atoms with Crippen molar-refractivity contribution in [2.75, 3.05) is 0 Å². The van der Waals surface area contributed by atoms with Gasteiger partial charge in [-0.3, -0.25) is 0 Å². The quantitative estimate of drug-likeness (QED) is 0.142. The Hall–Kier alpha value is -4.07. The van der Waals surface area contributed by atoms with Gasteiger partial charge in [0.1, 0.15) is 0 Å². The van der Waals surface area contributed by atoms with Gasteiger partial charge in [0.15, 0.2) is 0 Å². The Morgan fingerprint density at radius 1 is 0.533 bits per heavy atom. The highest BCUT2D eigenvalue weighted by molar-refractivity contribution is 6.04. The van der Waals surface area contributed by atoms with Gasteiger partial charge in [-0.25, -0.2) is 0 Å². The first-order chi connectivity index (χ1) is 14.9. The Bertz CT molecular complexity index is 1130. The normalized spacial score (nSPS) is 10.1. The van der Waals surface area contributed by atoms with Crippen molar-refractivity contribution in [3.8, 4) is 0 Å². The lowest BCUT2D eigenvalue weighted by atomic mass is 9.85. The molecule has 0 aliphatic carbocycles. The topological polar surface area (TPSA) is 48.8 Å². The average Bonchev–Trinajstić information content (AvgIpc) is 2.83. The van der Waals surface area contributed by atoms with Crippen molar-refractivity contribution in [1.29, 1.82) is 0 Å². The highest BCUT2D eigenvalue weighted by Gasteiger charge is 2.15. The maximum absolute atomic E-state index is 8.59. The Balaban J connectivity index is 1.99. The summed E-state index contributed by atoms with van der Waals surface area (Å²) >= 11 is 0. The van der Waals surface area contributed by atoms with E-state index >= 15 is 0 Å². The largest absolute Gasteiger partial charge is 0.0893 e. The molecule has 4 aromatic carbocycles. The van der Waals surface area contributed by atoms with Crippen molar-refractivity contribution < 1.29 is 0 Å². The molecule has 4 aromatic rings. The van der Waals surface area contributed by atoms with E-state index < -0.39 is 0 Å². The van der Waals surface area contributed by atoms with E-state index in [2.05, 4.69) is 95.0 Å². The summed E-state index contributed by atoms with van der Waals surface area (Å²) < 4.78 is 0. The molecule has 3 heteroatoms. The Morgan fingerprint density at radius 3 is 1.27 bits per heavy atom. The van der Waals surface area contributed by atoms with E-state index in [9.17, 15) is 0 Å². The minimum atomic E-state index is 0.353. The standard InChI is InChI=1S/C27H21N3/c28-30-29-20-21-16-18-25(19-17-21)27(24-14-8-3-9-15-24)26(22-10-4-1-5-11-22)23-12-6-2-7-13-23/h1-19H,20H2. The van der Waals surface area contributed by atoms with Crippen molar-refractivity contribution in [1.82, 2.24) is 0 Å². The number of benzene rings is 4. The van der Waals surface area contributed by atoms with Gasteiger partial charge in [0.05, 0.1) is 6.54 Å². The lowest BCUT2D eigenvalue weighted by Crippen LogP contribution is -1.97. The summed E-state index contributed by atoms with van der Waals surface area (Å²) in [5, 5.41) is 3.67. The molecule has 0 spiro atoms. The predicted octanol–water partition coefficient (Wildman–Crippen LogP) is 7.50. The van der Waals surface area contributed by atoms with Crippen LogP contribution in [0.15, 0.2) is 120 Å². The van der Waals surface area contributed by atoms with Gasteiger partial charge in [-0.2, -0.15) is 0 Å². The number of hydrogen-bond donors (Lipinski definition) is 0. The fraction of sp³-hybridized carbons (Fsp3) is 0.0370. The van der Waals surface area contributed by atoms with Crippen molar-refractivity contribution in [2.45, 2.75) is 6.54 Å². The van der Waals surface area contributed by atoms with E-state index in [1.54, 1.807) is 0 Å². The molecule has 0 unspecified atom stereocenters. The second-order valence-corrected chi connectivity index (χ2v) is 6.93. The average molecular weight is 387 g/mol. The van der Waals surface area contributed by atoms with Crippen LogP contribution in [0.3, 0.4) is 0 Å². The maximum atomic E-state index is 8.59. The van der Waals surface area contributed by atoms with Crippen LogP contribution in [0.2, 0.25) is 0 Å². The van der Waals surface area contributed by atoms with E-state index in [0.29, 0.717) is 6.54 Å². The summed E-state index contributed by atoms with van der Waals surface area (Å²) in [6.07, 6.45) is 0. The molecule has 0 fully saturated rings. The van der Waals surface area contributed by atoms with Crippen LogP contribution in [-0.4, -0.2) is 0 Å². The first kappa shape index (κ1) is 19.3. The summed E-state index contributed by atoms with van der Waals surface area (Å²) in [4.78, 5) is 2.86. The zero-order valence-electron chi connectivity index (χ0n) is 16.5. The van der Waals surface area contributed by atoms with Crippen LogP contribution < -0.4 is 0 Å². The SMILES string of the molecule is [N-]=[N+]=NCc1ccc(C(=C(c2ccccc2)c2ccccc2)c2ccccc2)cc1. The zero-order valence-corrected chi connectivity index (χ0v) is 16.5. The van der Waals surface area contributed by atoms with Crippen LogP contribution in [0.4, 0.5) is 0 Å². The molecule has 0 aliphatic rings. The second kappa shape index (κ2) is 9.42. The summed E-state index contributed by atoms with van der Waals surface area (Å²) in [7, 11) is 0. The summed E-state index contributed by atoms with van der Waals surface area (Å²) in [5.41, 5.74) is 16.5. The van der Waals surface area contributed by atoms with Gasteiger partial charge in [0, 0.05) is 4.91 Å².